The van der Waals surface area contributed by atoms with Crippen LogP contribution in [0.4, 0.5) is 0 Å². The van der Waals surface area contributed by atoms with Crippen LogP contribution in [0.15, 0.2) is 0 Å². The Morgan fingerprint density at radius 3 is 2.37 bits per heavy atom. The van der Waals surface area contributed by atoms with Gasteiger partial charge in [-0.05, 0) is 38.0 Å². The van der Waals surface area contributed by atoms with Gasteiger partial charge in [0.25, 0.3) is 0 Å². The molecule has 0 radical (unpaired) electrons. The second kappa shape index (κ2) is 5.49. The molecule has 0 aromatic rings. The normalized spacial score (nSPS) is 32.6. The Morgan fingerprint density at radius 1 is 1.26 bits per heavy atom. The minimum Gasteiger partial charge on any atom is -0.481 e. The fourth-order valence-electron chi connectivity index (χ4n) is 3.18. The molecule has 0 saturated heterocycles. The van der Waals surface area contributed by atoms with Gasteiger partial charge in [-0.3, -0.25) is 9.59 Å². The summed E-state index contributed by atoms with van der Waals surface area (Å²) in [5.74, 6) is -1.77. The van der Waals surface area contributed by atoms with Gasteiger partial charge < -0.3 is 15.5 Å². The zero-order valence-corrected chi connectivity index (χ0v) is 11.4. The number of carboxylic acids is 1. The first-order chi connectivity index (χ1) is 8.95. The van der Waals surface area contributed by atoms with Crippen LogP contribution in [-0.2, 0) is 9.59 Å². The van der Waals surface area contributed by atoms with Gasteiger partial charge in [-0.1, -0.05) is 13.3 Å². The summed E-state index contributed by atoms with van der Waals surface area (Å²) in [5, 5.41) is 21.9. The third-order valence-electron chi connectivity index (χ3n) is 4.77. The highest BCUT2D eigenvalue weighted by Gasteiger charge is 2.43. The molecule has 2 aliphatic rings. The third kappa shape index (κ3) is 3.08. The highest BCUT2D eigenvalue weighted by molar-refractivity contribution is 5.85. The van der Waals surface area contributed by atoms with E-state index in [1.807, 2.05) is 6.92 Å². The molecule has 1 unspecified atom stereocenters. The van der Waals surface area contributed by atoms with Crippen molar-refractivity contribution in [3.05, 3.63) is 0 Å². The fourth-order valence-corrected chi connectivity index (χ4v) is 3.18. The maximum Gasteiger partial charge on any atom is 0.307 e. The zero-order chi connectivity index (χ0) is 14.0. The Balaban J connectivity index is 1.91. The molecule has 3 atom stereocenters. The van der Waals surface area contributed by atoms with Crippen LogP contribution in [0.3, 0.4) is 0 Å². The standard InChI is InChI=1S/C14H23NO4/c1-2-9-6-10(11(7-9)13(17)18)12(16)15-8-14(19)4-3-5-14/h9-11,19H,2-8H2,1H3,(H,15,16)(H,17,18)/t9?,10-,11+/m0/s1. The van der Waals surface area contributed by atoms with Gasteiger partial charge in [-0.25, -0.2) is 0 Å². The number of amides is 1. The van der Waals surface area contributed by atoms with E-state index < -0.39 is 23.4 Å². The van der Waals surface area contributed by atoms with E-state index in [-0.39, 0.29) is 12.5 Å². The summed E-state index contributed by atoms with van der Waals surface area (Å²) in [6, 6.07) is 0. The van der Waals surface area contributed by atoms with Crippen LogP contribution in [0, 0.1) is 17.8 Å². The van der Waals surface area contributed by atoms with E-state index in [1.165, 1.54) is 0 Å². The summed E-state index contributed by atoms with van der Waals surface area (Å²) >= 11 is 0. The molecule has 1 amide bonds. The molecule has 0 bridgehead atoms. The average molecular weight is 269 g/mol. The maximum atomic E-state index is 12.1. The largest absolute Gasteiger partial charge is 0.481 e. The van der Waals surface area contributed by atoms with E-state index in [2.05, 4.69) is 5.32 Å². The number of carboxylic acid groups (broad SMARTS) is 1. The highest BCUT2D eigenvalue weighted by atomic mass is 16.4. The minimum atomic E-state index is -0.876. The van der Waals surface area contributed by atoms with Crippen molar-refractivity contribution in [2.45, 2.75) is 51.0 Å². The third-order valence-corrected chi connectivity index (χ3v) is 4.77. The van der Waals surface area contributed by atoms with Gasteiger partial charge in [0.15, 0.2) is 0 Å². The van der Waals surface area contributed by atoms with E-state index >= 15 is 0 Å². The second-order valence-corrected chi connectivity index (χ2v) is 6.09. The van der Waals surface area contributed by atoms with Crippen LogP contribution < -0.4 is 5.32 Å². The lowest BCUT2D eigenvalue weighted by Crippen LogP contribution is -2.49. The molecule has 3 N–H and O–H groups in total. The summed E-state index contributed by atoms with van der Waals surface area (Å²) in [7, 11) is 0. The van der Waals surface area contributed by atoms with Gasteiger partial charge >= 0.3 is 5.97 Å². The van der Waals surface area contributed by atoms with E-state index in [4.69, 9.17) is 0 Å². The first kappa shape index (κ1) is 14.3. The Morgan fingerprint density at radius 2 is 1.89 bits per heavy atom. The molecule has 5 nitrogen and oxygen atoms in total. The average Bonchev–Trinajstić information content (AvgIpc) is 2.78. The number of hydrogen-bond donors (Lipinski definition) is 3. The smallest absolute Gasteiger partial charge is 0.307 e. The summed E-state index contributed by atoms with van der Waals surface area (Å²) in [6.45, 7) is 2.28. The number of aliphatic hydroxyl groups is 1. The zero-order valence-electron chi connectivity index (χ0n) is 11.4. The number of carbonyl (C=O) groups is 2. The number of aliphatic carboxylic acids is 1. The van der Waals surface area contributed by atoms with Gasteiger partial charge in [-0.2, -0.15) is 0 Å². The van der Waals surface area contributed by atoms with E-state index in [0.29, 0.717) is 18.8 Å². The van der Waals surface area contributed by atoms with Gasteiger partial charge in [-0.15, -0.1) is 0 Å². The van der Waals surface area contributed by atoms with Crippen LogP contribution >= 0.6 is 0 Å². The Bertz CT molecular complexity index is 364. The molecule has 2 saturated carbocycles. The number of hydrogen-bond acceptors (Lipinski definition) is 3. The van der Waals surface area contributed by atoms with Crippen molar-refractivity contribution < 1.29 is 19.8 Å². The van der Waals surface area contributed by atoms with Crippen molar-refractivity contribution in [1.29, 1.82) is 0 Å². The second-order valence-electron chi connectivity index (χ2n) is 6.09. The van der Waals surface area contributed by atoms with Gasteiger partial charge in [0.1, 0.15) is 0 Å². The Hall–Kier alpha value is -1.10. The Kier molecular flexibility index (Phi) is 4.13. The molecule has 2 aliphatic carbocycles. The van der Waals surface area contributed by atoms with Gasteiger partial charge in [0.05, 0.1) is 17.4 Å². The SMILES string of the molecule is CCC1C[C@H](C(=O)NCC2(O)CCC2)[C@H](C(=O)O)C1. The molecule has 0 aliphatic heterocycles. The molecule has 0 spiro atoms. The van der Waals surface area contributed by atoms with Gasteiger partial charge in [0.2, 0.25) is 5.91 Å². The van der Waals surface area contributed by atoms with Crippen LogP contribution in [0.2, 0.25) is 0 Å². The molecular formula is C14H23NO4. The molecule has 2 fully saturated rings. The van der Waals surface area contributed by atoms with E-state index in [0.717, 1.165) is 25.7 Å². The molecular weight excluding hydrogens is 246 g/mol. The van der Waals surface area contributed by atoms with Crippen molar-refractivity contribution in [2.75, 3.05) is 6.54 Å². The summed E-state index contributed by atoms with van der Waals surface area (Å²) in [6.07, 6.45) is 4.59. The topological polar surface area (TPSA) is 86.6 Å². The van der Waals surface area contributed by atoms with Crippen molar-refractivity contribution in [2.24, 2.45) is 17.8 Å². The summed E-state index contributed by atoms with van der Waals surface area (Å²) in [4.78, 5) is 23.3. The van der Waals surface area contributed by atoms with Crippen LogP contribution in [0.5, 0.6) is 0 Å². The molecule has 2 rings (SSSR count). The fraction of sp³-hybridized carbons (Fsp3) is 0.857. The first-order valence-corrected chi connectivity index (χ1v) is 7.18. The number of rotatable bonds is 5. The van der Waals surface area contributed by atoms with E-state index in [1.54, 1.807) is 0 Å². The summed E-state index contributed by atoms with van der Waals surface area (Å²) < 4.78 is 0. The van der Waals surface area contributed by atoms with Crippen LogP contribution in [0.25, 0.3) is 0 Å². The van der Waals surface area contributed by atoms with Crippen molar-refractivity contribution in [3.63, 3.8) is 0 Å². The van der Waals surface area contributed by atoms with Crippen LogP contribution in [-0.4, -0.2) is 34.2 Å². The highest BCUT2D eigenvalue weighted by Crippen LogP contribution is 2.38. The lowest BCUT2D eigenvalue weighted by atomic mass is 9.80. The first-order valence-electron chi connectivity index (χ1n) is 7.18. The predicted molar refractivity (Wildman–Crippen MR) is 69.4 cm³/mol. The predicted octanol–water partition coefficient (Wildman–Crippen LogP) is 1.15. The summed E-state index contributed by atoms with van der Waals surface area (Å²) in [5.41, 5.74) is -0.753. The van der Waals surface area contributed by atoms with Crippen molar-refractivity contribution >= 4 is 11.9 Å². The molecule has 0 aromatic carbocycles. The Labute approximate surface area is 113 Å². The number of carbonyl (C=O) groups excluding carboxylic acids is 1. The lowest BCUT2D eigenvalue weighted by molar-refractivity contribution is -0.146. The quantitative estimate of drug-likeness (QED) is 0.699. The van der Waals surface area contributed by atoms with E-state index in [9.17, 15) is 19.8 Å². The monoisotopic (exact) mass is 269 g/mol. The minimum absolute atomic E-state index is 0.205. The number of nitrogens with one attached hydrogen (secondary N) is 1. The van der Waals surface area contributed by atoms with Crippen molar-refractivity contribution in [3.8, 4) is 0 Å². The molecule has 108 valence electrons. The molecule has 19 heavy (non-hydrogen) atoms. The molecule has 5 heteroatoms. The molecule has 0 heterocycles. The molecule has 0 aromatic heterocycles. The van der Waals surface area contributed by atoms with Crippen molar-refractivity contribution in [1.82, 2.24) is 5.32 Å². The van der Waals surface area contributed by atoms with Gasteiger partial charge in [0, 0.05) is 6.54 Å². The lowest BCUT2D eigenvalue weighted by Gasteiger charge is -2.36. The maximum absolute atomic E-state index is 12.1. The van der Waals surface area contributed by atoms with Crippen LogP contribution in [0.1, 0.15) is 45.4 Å².